The molecule has 16 heavy (non-hydrogen) atoms. The summed E-state index contributed by atoms with van der Waals surface area (Å²) in [7, 11) is 0. The van der Waals surface area contributed by atoms with E-state index in [-0.39, 0.29) is 5.25 Å². The normalized spacial score (nSPS) is 21.1. The van der Waals surface area contributed by atoms with Crippen LogP contribution in [-0.4, -0.2) is 11.0 Å². The van der Waals surface area contributed by atoms with E-state index >= 15 is 0 Å². The lowest BCUT2D eigenvalue weighted by molar-refractivity contribution is -0.119. The minimum Gasteiger partial charge on any atom is -0.298 e. The summed E-state index contributed by atoms with van der Waals surface area (Å²) in [4.78, 5) is 12.6. The Kier molecular flexibility index (Phi) is 4.17. The Balaban J connectivity index is 2.16. The van der Waals surface area contributed by atoms with Crippen molar-refractivity contribution in [1.82, 2.24) is 0 Å². The zero-order valence-corrected chi connectivity index (χ0v) is 11.0. The van der Waals surface area contributed by atoms with Gasteiger partial charge in [0, 0.05) is 11.3 Å². The fourth-order valence-corrected chi connectivity index (χ4v) is 3.66. The molecule has 0 spiro atoms. The molecule has 0 saturated heterocycles. The van der Waals surface area contributed by atoms with Gasteiger partial charge >= 0.3 is 0 Å². The summed E-state index contributed by atoms with van der Waals surface area (Å²) in [5.74, 6) is 0.326. The van der Waals surface area contributed by atoms with Crippen LogP contribution in [0.1, 0.15) is 25.7 Å². The summed E-state index contributed by atoms with van der Waals surface area (Å²) in [6.45, 7) is 0. The first-order valence-corrected chi connectivity index (χ1v) is 6.95. The van der Waals surface area contributed by atoms with Crippen LogP contribution in [0, 0.1) is 0 Å². The molecule has 0 aliphatic heterocycles. The molecule has 0 radical (unpaired) electrons. The third kappa shape index (κ3) is 2.73. The zero-order valence-electron chi connectivity index (χ0n) is 8.71. The molecule has 0 aromatic heterocycles. The van der Waals surface area contributed by atoms with Crippen molar-refractivity contribution in [2.24, 2.45) is 0 Å². The van der Waals surface area contributed by atoms with Crippen molar-refractivity contribution in [3.63, 3.8) is 0 Å². The number of carbonyl (C=O) groups excluding carboxylic acids is 1. The number of thioether (sulfide) groups is 1. The van der Waals surface area contributed by atoms with Crippen LogP contribution in [0.3, 0.4) is 0 Å². The number of ketones is 1. The molecular formula is C12H12Cl2OS. The number of rotatable bonds is 2. The van der Waals surface area contributed by atoms with Crippen molar-refractivity contribution in [2.45, 2.75) is 35.8 Å². The van der Waals surface area contributed by atoms with Crippen LogP contribution in [0.2, 0.25) is 10.0 Å². The second-order valence-electron chi connectivity index (χ2n) is 3.87. The molecule has 1 aliphatic carbocycles. The van der Waals surface area contributed by atoms with Gasteiger partial charge in [0.25, 0.3) is 0 Å². The fraction of sp³-hybridized carbons (Fsp3) is 0.417. The van der Waals surface area contributed by atoms with Crippen LogP contribution in [0.15, 0.2) is 23.1 Å². The molecule has 1 unspecified atom stereocenters. The highest BCUT2D eigenvalue weighted by atomic mass is 35.5. The van der Waals surface area contributed by atoms with Gasteiger partial charge in [-0.2, -0.15) is 0 Å². The predicted molar refractivity (Wildman–Crippen MR) is 69.6 cm³/mol. The fourth-order valence-electron chi connectivity index (χ4n) is 1.81. The molecule has 0 bridgehead atoms. The molecule has 4 heteroatoms. The van der Waals surface area contributed by atoms with Crippen LogP contribution >= 0.6 is 35.0 Å². The number of halogens is 2. The molecule has 1 nitrogen and oxygen atoms in total. The summed E-state index contributed by atoms with van der Waals surface area (Å²) in [5.41, 5.74) is 0. The van der Waals surface area contributed by atoms with Crippen molar-refractivity contribution in [2.75, 3.05) is 0 Å². The molecule has 0 amide bonds. The molecule has 1 fully saturated rings. The minimum absolute atomic E-state index is 0.0335. The molecule has 1 atom stereocenters. The average Bonchev–Trinajstić information content (AvgIpc) is 2.26. The topological polar surface area (TPSA) is 17.1 Å². The van der Waals surface area contributed by atoms with Gasteiger partial charge in [0.15, 0.2) is 0 Å². The van der Waals surface area contributed by atoms with Crippen LogP contribution in [0.25, 0.3) is 0 Å². The molecular weight excluding hydrogens is 263 g/mol. The van der Waals surface area contributed by atoms with Crippen molar-refractivity contribution in [1.29, 1.82) is 0 Å². The van der Waals surface area contributed by atoms with E-state index in [1.54, 1.807) is 0 Å². The van der Waals surface area contributed by atoms with Gasteiger partial charge < -0.3 is 0 Å². The first-order chi connectivity index (χ1) is 7.68. The van der Waals surface area contributed by atoms with Crippen LogP contribution in [-0.2, 0) is 4.79 Å². The number of benzene rings is 1. The SMILES string of the molecule is O=C1CCCCC1Sc1c(Cl)cccc1Cl. The summed E-state index contributed by atoms with van der Waals surface area (Å²) < 4.78 is 0. The van der Waals surface area contributed by atoms with Gasteiger partial charge in [-0.05, 0) is 25.0 Å². The average molecular weight is 275 g/mol. The first kappa shape index (κ1) is 12.3. The summed E-state index contributed by atoms with van der Waals surface area (Å²) >= 11 is 13.7. The number of carbonyl (C=O) groups is 1. The lowest BCUT2D eigenvalue weighted by Gasteiger charge is -2.20. The molecule has 86 valence electrons. The quantitative estimate of drug-likeness (QED) is 0.784. The smallest absolute Gasteiger partial charge is 0.146 e. The van der Waals surface area contributed by atoms with E-state index in [9.17, 15) is 4.79 Å². The lowest BCUT2D eigenvalue weighted by atomic mass is 9.99. The van der Waals surface area contributed by atoms with E-state index in [0.29, 0.717) is 22.2 Å². The predicted octanol–water partition coefficient (Wildman–Crippen LogP) is 4.60. The second-order valence-corrected chi connectivity index (χ2v) is 5.90. The third-order valence-corrected chi connectivity index (χ3v) is 4.99. The molecule has 0 heterocycles. The van der Waals surface area contributed by atoms with E-state index in [1.165, 1.54) is 11.8 Å². The van der Waals surface area contributed by atoms with E-state index in [1.807, 2.05) is 18.2 Å². The highest BCUT2D eigenvalue weighted by Gasteiger charge is 2.24. The summed E-state index contributed by atoms with van der Waals surface area (Å²) in [6, 6.07) is 5.43. The standard InChI is InChI=1S/C12H12Cl2OS/c13-8-4-3-5-9(14)12(8)16-11-7-2-1-6-10(11)15/h3-5,11H,1-2,6-7H2. The Morgan fingerprint density at radius 2 is 1.88 bits per heavy atom. The van der Waals surface area contributed by atoms with Gasteiger partial charge in [0.05, 0.1) is 15.3 Å². The zero-order chi connectivity index (χ0) is 11.5. The van der Waals surface area contributed by atoms with E-state index in [4.69, 9.17) is 23.2 Å². The highest BCUT2D eigenvalue weighted by molar-refractivity contribution is 8.00. The lowest BCUT2D eigenvalue weighted by Crippen LogP contribution is -2.21. The Labute approximate surface area is 110 Å². The minimum atomic E-state index is 0.0335. The number of hydrogen-bond donors (Lipinski definition) is 0. The number of hydrogen-bond acceptors (Lipinski definition) is 2. The van der Waals surface area contributed by atoms with Gasteiger partial charge in [-0.15, -0.1) is 11.8 Å². The monoisotopic (exact) mass is 274 g/mol. The van der Waals surface area contributed by atoms with Gasteiger partial charge in [-0.3, -0.25) is 4.79 Å². The van der Waals surface area contributed by atoms with Gasteiger partial charge in [0.2, 0.25) is 0 Å². The third-order valence-electron chi connectivity index (χ3n) is 2.68. The molecule has 1 aliphatic rings. The maximum Gasteiger partial charge on any atom is 0.146 e. The Morgan fingerprint density at radius 3 is 2.50 bits per heavy atom. The van der Waals surface area contributed by atoms with Crippen LogP contribution in [0.5, 0.6) is 0 Å². The number of Topliss-reactive ketones (excluding diaryl/α,β-unsaturated/α-hetero) is 1. The Morgan fingerprint density at radius 1 is 1.19 bits per heavy atom. The van der Waals surface area contributed by atoms with Gasteiger partial charge in [-0.1, -0.05) is 35.7 Å². The molecule has 1 aromatic rings. The van der Waals surface area contributed by atoms with E-state index in [0.717, 1.165) is 24.2 Å². The maximum atomic E-state index is 11.7. The largest absolute Gasteiger partial charge is 0.298 e. The summed E-state index contributed by atoms with van der Waals surface area (Å²) in [5, 5.41) is 1.30. The van der Waals surface area contributed by atoms with E-state index < -0.39 is 0 Å². The summed E-state index contributed by atoms with van der Waals surface area (Å²) in [6.07, 6.45) is 3.77. The van der Waals surface area contributed by atoms with Gasteiger partial charge in [0.1, 0.15) is 5.78 Å². The van der Waals surface area contributed by atoms with Crippen molar-refractivity contribution in [3.05, 3.63) is 28.2 Å². The Hall–Kier alpha value is -0.180. The van der Waals surface area contributed by atoms with Gasteiger partial charge in [-0.25, -0.2) is 0 Å². The molecule has 1 saturated carbocycles. The van der Waals surface area contributed by atoms with Crippen molar-refractivity contribution >= 4 is 40.7 Å². The molecule has 0 N–H and O–H groups in total. The van der Waals surface area contributed by atoms with Crippen molar-refractivity contribution < 1.29 is 4.79 Å². The first-order valence-electron chi connectivity index (χ1n) is 5.32. The van der Waals surface area contributed by atoms with Crippen LogP contribution < -0.4 is 0 Å². The van der Waals surface area contributed by atoms with Crippen molar-refractivity contribution in [3.8, 4) is 0 Å². The van der Waals surface area contributed by atoms with E-state index in [2.05, 4.69) is 0 Å². The van der Waals surface area contributed by atoms with Crippen LogP contribution in [0.4, 0.5) is 0 Å². The highest BCUT2D eigenvalue weighted by Crippen LogP contribution is 2.39. The molecule has 1 aromatic carbocycles. The maximum absolute atomic E-state index is 11.7. The Bertz CT molecular complexity index is 386. The second kappa shape index (κ2) is 5.44. The molecule has 2 rings (SSSR count).